The molecule has 0 saturated carbocycles. The molecule has 30 heavy (non-hydrogen) atoms. The third-order valence-corrected chi connectivity index (χ3v) is 4.88. The zero-order chi connectivity index (χ0) is 21.2. The van der Waals surface area contributed by atoms with Crippen molar-refractivity contribution in [2.24, 2.45) is 0 Å². The molecule has 0 aliphatic rings. The number of hydrogen-bond donors (Lipinski definition) is 1. The first kappa shape index (κ1) is 21.5. The minimum absolute atomic E-state index is 0.0195. The molecule has 0 aliphatic carbocycles. The van der Waals surface area contributed by atoms with Gasteiger partial charge in [-0.3, -0.25) is 4.79 Å². The molecule has 5 nitrogen and oxygen atoms in total. The Morgan fingerprint density at radius 3 is 2.30 bits per heavy atom. The van der Waals surface area contributed by atoms with Gasteiger partial charge >= 0.3 is 0 Å². The summed E-state index contributed by atoms with van der Waals surface area (Å²) < 4.78 is 13.3. The molecule has 1 amide bonds. The number of nitrogens with zero attached hydrogens (tertiary/aromatic N) is 1. The summed E-state index contributed by atoms with van der Waals surface area (Å²) in [7, 11) is 0. The van der Waals surface area contributed by atoms with Crippen LogP contribution in [0.5, 0.6) is 11.5 Å². The van der Waals surface area contributed by atoms with Gasteiger partial charge in [-0.1, -0.05) is 36.4 Å². The third-order valence-electron chi connectivity index (χ3n) is 4.88. The monoisotopic (exact) mass is 406 g/mol. The summed E-state index contributed by atoms with van der Waals surface area (Å²) in [6, 6.07) is 19.7. The highest BCUT2D eigenvalue weighted by atomic mass is 16.5. The molecule has 5 heteroatoms. The van der Waals surface area contributed by atoms with Crippen molar-refractivity contribution in [3.8, 4) is 11.5 Å². The maximum absolute atomic E-state index is 13.0. The summed E-state index contributed by atoms with van der Waals surface area (Å²) in [6.07, 6.45) is 5.25. The highest BCUT2D eigenvalue weighted by molar-refractivity contribution is 5.80. The van der Waals surface area contributed by atoms with Crippen LogP contribution in [0.3, 0.4) is 0 Å². The van der Waals surface area contributed by atoms with Crippen molar-refractivity contribution >= 4 is 5.91 Å². The molecule has 0 radical (unpaired) electrons. The van der Waals surface area contributed by atoms with E-state index in [9.17, 15) is 4.79 Å². The van der Waals surface area contributed by atoms with Crippen LogP contribution in [0.25, 0.3) is 0 Å². The Morgan fingerprint density at radius 2 is 1.60 bits per heavy atom. The lowest BCUT2D eigenvalue weighted by Crippen LogP contribution is -2.34. The van der Waals surface area contributed by atoms with Crippen LogP contribution < -0.4 is 14.8 Å². The van der Waals surface area contributed by atoms with Gasteiger partial charge in [0.25, 0.3) is 0 Å². The minimum atomic E-state index is -0.276. The summed E-state index contributed by atoms with van der Waals surface area (Å²) >= 11 is 0. The first-order chi connectivity index (χ1) is 14.7. The summed E-state index contributed by atoms with van der Waals surface area (Å²) in [5.41, 5.74) is 2.24. The molecule has 0 bridgehead atoms. The van der Waals surface area contributed by atoms with E-state index in [1.54, 1.807) is 0 Å². The first-order valence-electron chi connectivity index (χ1n) is 10.5. The number of rotatable bonds is 11. The van der Waals surface area contributed by atoms with Gasteiger partial charge in [0.15, 0.2) is 11.5 Å². The molecule has 2 aromatic carbocycles. The van der Waals surface area contributed by atoms with Gasteiger partial charge in [-0.15, -0.1) is 0 Å². The predicted molar refractivity (Wildman–Crippen MR) is 119 cm³/mol. The van der Waals surface area contributed by atoms with Gasteiger partial charge in [-0.05, 0) is 55.7 Å². The van der Waals surface area contributed by atoms with E-state index in [2.05, 4.69) is 17.4 Å². The Kier molecular flexibility index (Phi) is 7.95. The van der Waals surface area contributed by atoms with Gasteiger partial charge < -0.3 is 19.4 Å². The van der Waals surface area contributed by atoms with Crippen molar-refractivity contribution in [2.45, 2.75) is 32.7 Å². The first-order valence-corrected chi connectivity index (χ1v) is 10.5. The average molecular weight is 407 g/mol. The fraction of sp³-hybridized carbons (Fsp3) is 0.320. The topological polar surface area (TPSA) is 52.5 Å². The molecular weight excluding hydrogens is 376 g/mol. The average Bonchev–Trinajstić information content (AvgIpc) is 3.29. The number of ether oxygens (including phenoxy) is 2. The maximum atomic E-state index is 13.0. The molecule has 0 spiro atoms. The van der Waals surface area contributed by atoms with E-state index in [0.29, 0.717) is 26.2 Å². The third kappa shape index (κ3) is 5.89. The lowest BCUT2D eigenvalue weighted by atomic mass is 10.0. The molecule has 3 rings (SSSR count). The minimum Gasteiger partial charge on any atom is -0.490 e. The van der Waals surface area contributed by atoms with Crippen LogP contribution in [0, 0.1) is 0 Å². The fourth-order valence-electron chi connectivity index (χ4n) is 3.43. The summed E-state index contributed by atoms with van der Waals surface area (Å²) in [4.78, 5) is 13.0. The number of amides is 1. The van der Waals surface area contributed by atoms with Crippen LogP contribution >= 0.6 is 0 Å². The number of aromatic nitrogens is 1. The molecule has 1 atom stereocenters. The van der Waals surface area contributed by atoms with Crippen LogP contribution in [0.4, 0.5) is 0 Å². The van der Waals surface area contributed by atoms with Crippen LogP contribution in [0.2, 0.25) is 0 Å². The smallest absolute Gasteiger partial charge is 0.243 e. The predicted octanol–water partition coefficient (Wildman–Crippen LogP) is 4.43. The zero-order valence-electron chi connectivity index (χ0n) is 17.7. The van der Waals surface area contributed by atoms with E-state index in [4.69, 9.17) is 9.47 Å². The van der Waals surface area contributed by atoms with Crippen molar-refractivity contribution < 1.29 is 14.3 Å². The van der Waals surface area contributed by atoms with Crippen molar-refractivity contribution in [2.75, 3.05) is 19.8 Å². The van der Waals surface area contributed by atoms with E-state index in [-0.39, 0.29) is 11.9 Å². The van der Waals surface area contributed by atoms with Crippen molar-refractivity contribution in [1.82, 2.24) is 9.88 Å². The largest absolute Gasteiger partial charge is 0.490 e. The zero-order valence-corrected chi connectivity index (χ0v) is 17.7. The second-order valence-corrected chi connectivity index (χ2v) is 7.02. The molecule has 3 aromatic rings. The van der Waals surface area contributed by atoms with Gasteiger partial charge in [-0.25, -0.2) is 0 Å². The quantitative estimate of drug-likeness (QED) is 0.513. The number of carbonyl (C=O) groups excluding carboxylic acids is 1. The van der Waals surface area contributed by atoms with Gasteiger partial charge in [0.2, 0.25) is 5.91 Å². The number of nitrogens with one attached hydrogen (secondary N) is 1. The van der Waals surface area contributed by atoms with Crippen molar-refractivity contribution in [3.05, 3.63) is 84.2 Å². The molecule has 158 valence electrons. The van der Waals surface area contributed by atoms with E-state index < -0.39 is 0 Å². The molecule has 0 fully saturated rings. The standard InChI is InChI=1S/C25H30N2O3/c1-3-29-23-13-12-21(19-24(23)30-4-2)14-15-26-25(28)22(27-16-8-9-17-27)18-20-10-6-5-7-11-20/h5-13,16-17,19,22H,3-4,14-15,18H2,1-2H3,(H,26,28)/t22-/m1/s1. The van der Waals surface area contributed by atoms with Crippen molar-refractivity contribution in [1.29, 1.82) is 0 Å². The number of carbonyl (C=O) groups is 1. The molecule has 0 saturated heterocycles. The summed E-state index contributed by atoms with van der Waals surface area (Å²) in [5.74, 6) is 1.52. The van der Waals surface area contributed by atoms with E-state index in [0.717, 1.165) is 29.0 Å². The second kappa shape index (κ2) is 11.1. The lowest BCUT2D eigenvalue weighted by Gasteiger charge is -2.19. The lowest BCUT2D eigenvalue weighted by molar-refractivity contribution is -0.124. The van der Waals surface area contributed by atoms with Crippen molar-refractivity contribution in [3.63, 3.8) is 0 Å². The molecule has 1 heterocycles. The highest BCUT2D eigenvalue weighted by Gasteiger charge is 2.19. The molecule has 1 aromatic heterocycles. The van der Waals surface area contributed by atoms with Gasteiger partial charge in [0.05, 0.1) is 13.2 Å². The normalized spacial score (nSPS) is 11.7. The number of benzene rings is 2. The Morgan fingerprint density at radius 1 is 0.900 bits per heavy atom. The molecule has 1 N–H and O–H groups in total. The van der Waals surface area contributed by atoms with Crippen LogP contribution in [-0.4, -0.2) is 30.2 Å². The van der Waals surface area contributed by atoms with Crippen LogP contribution in [0.15, 0.2) is 73.1 Å². The highest BCUT2D eigenvalue weighted by Crippen LogP contribution is 2.28. The summed E-state index contributed by atoms with van der Waals surface area (Å²) in [5, 5.41) is 3.10. The van der Waals surface area contributed by atoms with Crippen LogP contribution in [0.1, 0.15) is 31.0 Å². The Labute approximate surface area is 178 Å². The van der Waals surface area contributed by atoms with Gasteiger partial charge in [0.1, 0.15) is 6.04 Å². The maximum Gasteiger partial charge on any atom is 0.243 e. The Balaban J connectivity index is 1.62. The Bertz CT molecular complexity index is 907. The van der Waals surface area contributed by atoms with Gasteiger partial charge in [0, 0.05) is 25.4 Å². The Hall–Kier alpha value is -3.21. The number of hydrogen-bond acceptors (Lipinski definition) is 3. The fourth-order valence-corrected chi connectivity index (χ4v) is 3.43. The van der Waals surface area contributed by atoms with Crippen LogP contribution in [-0.2, 0) is 17.6 Å². The van der Waals surface area contributed by atoms with E-state index >= 15 is 0 Å². The second-order valence-electron chi connectivity index (χ2n) is 7.02. The summed E-state index contributed by atoms with van der Waals surface area (Å²) in [6.45, 7) is 5.65. The van der Waals surface area contributed by atoms with E-state index in [1.807, 2.05) is 79.3 Å². The molecular formula is C25H30N2O3. The molecule has 0 aliphatic heterocycles. The molecule has 0 unspecified atom stereocenters. The van der Waals surface area contributed by atoms with E-state index in [1.165, 1.54) is 0 Å². The SMILES string of the molecule is CCOc1ccc(CCNC(=O)[C@@H](Cc2ccccc2)n2cccc2)cc1OCC. The van der Waals surface area contributed by atoms with Gasteiger partial charge in [-0.2, -0.15) is 0 Å².